The number of aryl methyl sites for hydroxylation is 1. The maximum Gasteiger partial charge on any atom is 0.341 e. The van der Waals surface area contributed by atoms with Crippen molar-refractivity contribution in [2.75, 3.05) is 32.1 Å². The number of ether oxygens (including phenoxy) is 2. The minimum atomic E-state index is -3.68. The zero-order valence-corrected chi connectivity index (χ0v) is 19.6. The van der Waals surface area contributed by atoms with E-state index in [0.717, 1.165) is 17.7 Å². The van der Waals surface area contributed by atoms with E-state index in [-0.39, 0.29) is 16.0 Å². The first kappa shape index (κ1) is 23.9. The van der Waals surface area contributed by atoms with Crippen molar-refractivity contribution in [2.45, 2.75) is 31.6 Å². The summed E-state index contributed by atoms with van der Waals surface area (Å²) in [5.41, 5.74) is 0.982. The van der Waals surface area contributed by atoms with Crippen molar-refractivity contribution in [3.05, 3.63) is 45.8 Å². The highest BCUT2D eigenvalue weighted by Crippen LogP contribution is 2.33. The maximum absolute atomic E-state index is 12.7. The number of carbonyl (C=O) groups excluding carboxylic acids is 3. The zero-order chi connectivity index (χ0) is 23.5. The average Bonchev–Trinajstić information content (AvgIpc) is 3.41. The summed E-state index contributed by atoms with van der Waals surface area (Å²) in [6, 6.07) is 5.55. The molecule has 0 unspecified atom stereocenters. The molecular weight excluding hydrogens is 456 g/mol. The predicted molar refractivity (Wildman–Crippen MR) is 118 cm³/mol. The lowest BCUT2D eigenvalue weighted by molar-refractivity contribution is -0.119. The topological polar surface area (TPSA) is 119 Å². The first-order valence-electron chi connectivity index (χ1n) is 9.90. The molecular formula is C21H24N2O7S2. The van der Waals surface area contributed by atoms with Gasteiger partial charge < -0.3 is 14.8 Å². The van der Waals surface area contributed by atoms with Gasteiger partial charge in [0.1, 0.15) is 5.00 Å². The molecule has 9 nitrogen and oxygen atoms in total. The van der Waals surface area contributed by atoms with Gasteiger partial charge in [-0.2, -0.15) is 4.31 Å². The van der Waals surface area contributed by atoms with Crippen LogP contribution in [0.25, 0.3) is 0 Å². The highest BCUT2D eigenvalue weighted by Gasteiger charge is 2.28. The Morgan fingerprint density at radius 3 is 2.47 bits per heavy atom. The number of benzene rings is 1. The first-order valence-corrected chi connectivity index (χ1v) is 12.2. The Kier molecular flexibility index (Phi) is 7.32. The van der Waals surface area contributed by atoms with E-state index < -0.39 is 34.5 Å². The van der Waals surface area contributed by atoms with Crippen molar-refractivity contribution in [2.24, 2.45) is 0 Å². The van der Waals surface area contributed by atoms with Gasteiger partial charge in [-0.15, -0.1) is 11.3 Å². The third-order valence-electron chi connectivity index (χ3n) is 5.13. The number of methoxy groups -OCH3 is 1. The molecule has 1 saturated heterocycles. The lowest BCUT2D eigenvalue weighted by Crippen LogP contribution is -2.28. The van der Waals surface area contributed by atoms with E-state index in [1.807, 2.05) is 6.92 Å². The fourth-order valence-corrected chi connectivity index (χ4v) is 5.93. The number of hydrogen-bond acceptors (Lipinski definition) is 8. The number of nitrogens with zero attached hydrogens (tertiary/aromatic N) is 1. The van der Waals surface area contributed by atoms with Gasteiger partial charge in [0, 0.05) is 18.0 Å². The van der Waals surface area contributed by atoms with Crippen LogP contribution in [0, 0.1) is 13.8 Å². The predicted octanol–water partition coefficient (Wildman–Crippen LogP) is 2.73. The van der Waals surface area contributed by atoms with Crippen LogP contribution >= 0.6 is 11.3 Å². The molecule has 3 rings (SSSR count). The minimum absolute atomic E-state index is 0.00515. The van der Waals surface area contributed by atoms with E-state index in [1.165, 1.54) is 47.0 Å². The van der Waals surface area contributed by atoms with Gasteiger partial charge in [0.05, 0.1) is 23.1 Å². The Morgan fingerprint density at radius 1 is 1.12 bits per heavy atom. The van der Waals surface area contributed by atoms with Gasteiger partial charge in [-0.25, -0.2) is 18.0 Å². The van der Waals surface area contributed by atoms with E-state index >= 15 is 0 Å². The number of nitrogens with one attached hydrogen (secondary N) is 1. The van der Waals surface area contributed by atoms with Crippen LogP contribution < -0.4 is 5.32 Å². The van der Waals surface area contributed by atoms with Crippen LogP contribution in [0.4, 0.5) is 5.00 Å². The molecule has 1 aliphatic heterocycles. The number of hydrogen-bond donors (Lipinski definition) is 1. The molecule has 1 amide bonds. The Labute approximate surface area is 190 Å². The Bertz CT molecular complexity index is 1150. The number of thiophene rings is 1. The molecule has 0 radical (unpaired) electrons. The summed E-state index contributed by atoms with van der Waals surface area (Å²) < 4.78 is 36.6. The van der Waals surface area contributed by atoms with E-state index in [0.29, 0.717) is 23.7 Å². The van der Waals surface area contributed by atoms with Gasteiger partial charge in [-0.05, 0) is 50.5 Å². The Hall–Kier alpha value is -2.76. The van der Waals surface area contributed by atoms with Crippen LogP contribution in [-0.4, -0.2) is 57.4 Å². The number of sulfonamides is 1. The highest BCUT2D eigenvalue weighted by atomic mass is 32.2. The molecule has 0 bridgehead atoms. The van der Waals surface area contributed by atoms with Crippen LogP contribution in [0.5, 0.6) is 0 Å². The molecule has 0 spiro atoms. The van der Waals surface area contributed by atoms with Crippen molar-refractivity contribution in [1.29, 1.82) is 0 Å². The van der Waals surface area contributed by atoms with Crippen molar-refractivity contribution >= 4 is 44.2 Å². The van der Waals surface area contributed by atoms with E-state index in [1.54, 1.807) is 6.92 Å². The molecule has 2 heterocycles. The normalized spacial score (nSPS) is 14.2. The molecule has 1 aliphatic rings. The van der Waals surface area contributed by atoms with Crippen molar-refractivity contribution in [1.82, 2.24) is 4.31 Å². The number of esters is 2. The highest BCUT2D eigenvalue weighted by molar-refractivity contribution is 7.89. The van der Waals surface area contributed by atoms with Gasteiger partial charge in [-0.1, -0.05) is 6.07 Å². The standard InChI is InChI=1S/C21H24N2O7S2/c1-13-14(2)31-19(18(13)21(26)29-3)22-17(24)12-30-20(25)15-7-6-8-16(11-15)32(27,28)23-9-4-5-10-23/h6-8,11H,4-5,9-10,12H2,1-3H3,(H,22,24). The second-order valence-electron chi connectivity index (χ2n) is 7.24. The maximum atomic E-state index is 12.7. The fourth-order valence-electron chi connectivity index (χ4n) is 3.30. The van der Waals surface area contributed by atoms with Crippen LogP contribution in [0.15, 0.2) is 29.2 Å². The van der Waals surface area contributed by atoms with Crippen LogP contribution in [0.1, 0.15) is 44.0 Å². The molecule has 0 atom stereocenters. The van der Waals surface area contributed by atoms with Crippen molar-refractivity contribution in [3.8, 4) is 0 Å². The average molecular weight is 481 g/mol. The monoisotopic (exact) mass is 480 g/mol. The van der Waals surface area contributed by atoms with E-state index in [9.17, 15) is 22.8 Å². The molecule has 172 valence electrons. The number of anilines is 1. The van der Waals surface area contributed by atoms with Gasteiger partial charge in [-0.3, -0.25) is 4.79 Å². The second-order valence-corrected chi connectivity index (χ2v) is 10.4. The van der Waals surface area contributed by atoms with Gasteiger partial charge in [0.15, 0.2) is 6.61 Å². The zero-order valence-electron chi connectivity index (χ0n) is 18.0. The first-order chi connectivity index (χ1) is 15.1. The quantitative estimate of drug-likeness (QED) is 0.605. The van der Waals surface area contributed by atoms with Gasteiger partial charge >= 0.3 is 11.9 Å². The number of rotatable bonds is 7. The van der Waals surface area contributed by atoms with Crippen LogP contribution in [0.3, 0.4) is 0 Å². The van der Waals surface area contributed by atoms with Crippen molar-refractivity contribution in [3.63, 3.8) is 0 Å². The van der Waals surface area contributed by atoms with Crippen LogP contribution in [0.2, 0.25) is 0 Å². The second kappa shape index (κ2) is 9.80. The lowest BCUT2D eigenvalue weighted by atomic mass is 10.1. The molecule has 1 aromatic carbocycles. The number of amides is 1. The Balaban J connectivity index is 1.66. The third-order valence-corrected chi connectivity index (χ3v) is 8.15. The summed E-state index contributed by atoms with van der Waals surface area (Å²) in [7, 11) is -2.43. The minimum Gasteiger partial charge on any atom is -0.465 e. The summed E-state index contributed by atoms with van der Waals surface area (Å²) in [6.07, 6.45) is 1.61. The molecule has 0 saturated carbocycles. The Morgan fingerprint density at radius 2 is 1.81 bits per heavy atom. The summed E-state index contributed by atoms with van der Waals surface area (Å²) in [4.78, 5) is 37.5. The molecule has 32 heavy (non-hydrogen) atoms. The molecule has 2 aromatic rings. The molecule has 0 aliphatic carbocycles. The van der Waals surface area contributed by atoms with E-state index in [4.69, 9.17) is 9.47 Å². The summed E-state index contributed by atoms with van der Waals surface area (Å²) in [5.74, 6) is -2.04. The number of carbonyl (C=O) groups is 3. The fraction of sp³-hybridized carbons (Fsp3) is 0.381. The lowest BCUT2D eigenvalue weighted by Gasteiger charge is -2.15. The molecule has 1 aromatic heterocycles. The smallest absolute Gasteiger partial charge is 0.341 e. The summed E-state index contributed by atoms with van der Waals surface area (Å²) >= 11 is 1.22. The van der Waals surface area contributed by atoms with E-state index in [2.05, 4.69) is 5.32 Å². The summed E-state index contributed by atoms with van der Waals surface area (Å²) in [6.45, 7) is 3.86. The largest absolute Gasteiger partial charge is 0.465 e. The van der Waals surface area contributed by atoms with Crippen molar-refractivity contribution < 1.29 is 32.3 Å². The third kappa shape index (κ3) is 5.00. The molecule has 1 N–H and O–H groups in total. The SMILES string of the molecule is COC(=O)c1c(NC(=O)COC(=O)c2cccc(S(=O)(=O)N3CCCC3)c2)sc(C)c1C. The van der Waals surface area contributed by atoms with Crippen LogP contribution in [-0.2, 0) is 24.3 Å². The summed E-state index contributed by atoms with van der Waals surface area (Å²) in [5, 5.41) is 2.88. The van der Waals surface area contributed by atoms with Gasteiger partial charge in [0.2, 0.25) is 10.0 Å². The molecule has 11 heteroatoms. The molecule has 1 fully saturated rings. The van der Waals surface area contributed by atoms with Gasteiger partial charge in [0.25, 0.3) is 5.91 Å².